The Hall–Kier alpha value is -10.7. The molecule has 1 saturated heterocycles. The maximum atomic E-state index is 16.3. The molecular formula is C71H59F10N4O23P2S2-. The maximum absolute atomic E-state index is 16.3. The first-order chi connectivity index (χ1) is 52.7. The fourth-order valence-corrected chi connectivity index (χ4v) is 13.4. The zero-order valence-electron chi connectivity index (χ0n) is 57.9. The van der Waals surface area contributed by atoms with E-state index in [1.807, 2.05) is 0 Å². The number of rotatable bonds is 25. The summed E-state index contributed by atoms with van der Waals surface area (Å²) >= 11 is 0.217. The highest BCUT2D eigenvalue weighted by Crippen LogP contribution is 2.49. The summed E-state index contributed by atoms with van der Waals surface area (Å²) in [7, 11) is -9.70. The summed E-state index contributed by atoms with van der Waals surface area (Å²) in [6, 6.07) is 16.4. The third-order valence-corrected chi connectivity index (χ3v) is 19.3. The Labute approximate surface area is 632 Å². The average molecular weight is 1650 g/mol. The lowest BCUT2D eigenvalue weighted by molar-refractivity contribution is -0.894. The molecule has 41 heteroatoms. The molecule has 2 atom stereocenters. The van der Waals surface area contributed by atoms with Crippen LogP contribution in [0, 0.1) is 58.2 Å². The van der Waals surface area contributed by atoms with Crippen LogP contribution in [-0.4, -0.2) is 122 Å². The molecule has 11 rings (SSSR count). The summed E-state index contributed by atoms with van der Waals surface area (Å²) < 4.78 is 192. The molecule has 0 aromatic heterocycles. The van der Waals surface area contributed by atoms with Gasteiger partial charge < -0.3 is 73.8 Å². The molecule has 0 spiro atoms. The Morgan fingerprint density at radius 3 is 1.31 bits per heavy atom. The first-order valence-corrected chi connectivity index (χ1v) is 37.4. The number of fused-ring (bicyclic) bond motifs is 4. The minimum Gasteiger partial charge on any atom is -0.746 e. The largest absolute Gasteiger partial charge is 0.746 e. The zero-order chi connectivity index (χ0) is 82.7. The number of quaternary nitrogens is 1. The van der Waals surface area contributed by atoms with Crippen molar-refractivity contribution >= 4 is 96.6 Å². The fourth-order valence-electron chi connectivity index (χ4n) is 10.9. The number of carboxylic acid groups (broad SMARTS) is 2. The monoisotopic (exact) mass is 1650 g/mol. The maximum Gasteiger partial charge on any atom is 0.339 e. The highest BCUT2D eigenvalue weighted by Gasteiger charge is 2.37. The number of aromatic hydroxyl groups is 2. The lowest BCUT2D eigenvalue weighted by Gasteiger charge is -2.20. The van der Waals surface area contributed by atoms with Crippen LogP contribution in [0.5, 0.6) is 23.0 Å². The Balaban J connectivity index is 0.000000224. The number of benzene rings is 8. The Morgan fingerprint density at radius 1 is 0.554 bits per heavy atom. The predicted octanol–water partition coefficient (Wildman–Crippen LogP) is 9.32. The molecule has 5 aliphatic rings. The standard InChI is InChI=1S/C30H19F5NO10PS.C27H14F5NO9S.C8H12NO4P.C6H15N/c31-16-7-14-20(9-18(16)37)45-21-10-19(38)17(32)8-15(21)23(14)24-25(30(40)41)26(33)28(35)29(27(24)34)48-11-22(39)36-6-5-12-1-3-13(4-2-12)46-47(42,43)44;28-12-3-10-16(5-14(12)35)42-17-6-15(36)13(29)4-11(17)20(10)21-22(27(39)40)23(30)25(32)26(24(21)31)43-8-9(34)7-41-33-18(37)1-2-19(33)38;9-6-5-7-1-3-8(4-2-7)13-14(10,11)12;1-4-7(5-2)6-3/h1-4,7-10,37H,5-6,11H2,(H,36,39)(H,40,41)(H2,42,43,44);3-6,35H,1-2,7-8H2,(H,39,40);1-4H,5-6,9H2,(H2,10,11,12);4-6H2,1-3H3/p-1. The van der Waals surface area contributed by atoms with E-state index in [1.54, 1.807) is 17.0 Å². The van der Waals surface area contributed by atoms with Gasteiger partial charge in [0.2, 0.25) is 16.8 Å². The minimum atomic E-state index is -5.01. The van der Waals surface area contributed by atoms with Gasteiger partial charge in [-0.2, -0.15) is 5.06 Å². The van der Waals surface area contributed by atoms with E-state index in [0.29, 0.717) is 72.1 Å². The third kappa shape index (κ3) is 20.9. The number of carbonyl (C=O) groups excluding carboxylic acids is 4. The van der Waals surface area contributed by atoms with Gasteiger partial charge in [-0.1, -0.05) is 24.3 Å². The van der Waals surface area contributed by atoms with Crippen LogP contribution in [0.25, 0.3) is 66.8 Å². The Morgan fingerprint density at radius 2 is 0.946 bits per heavy atom. The Bertz CT molecular complexity index is 5460. The fraction of sp³-hybridized carbons (Fsp3) is 0.211. The first-order valence-electron chi connectivity index (χ1n) is 32.5. The van der Waals surface area contributed by atoms with Gasteiger partial charge in [0.05, 0.1) is 40.9 Å². The molecule has 594 valence electrons. The van der Waals surface area contributed by atoms with E-state index in [4.69, 9.17) is 29.2 Å². The second-order valence-electron chi connectivity index (χ2n) is 23.6. The van der Waals surface area contributed by atoms with Crippen LogP contribution in [-0.2, 0) is 46.0 Å². The molecule has 27 nitrogen and oxygen atoms in total. The molecule has 6 aromatic rings. The molecular weight excluding hydrogens is 1590 g/mol. The predicted molar refractivity (Wildman–Crippen MR) is 375 cm³/mol. The van der Waals surface area contributed by atoms with E-state index in [2.05, 4.69) is 35.1 Å². The van der Waals surface area contributed by atoms with Gasteiger partial charge in [-0.3, -0.25) is 42.7 Å². The number of Topliss-reactive ketones (excluding diaryl/α,β-unsaturated/α-hetero) is 1. The Kier molecular flexibility index (Phi) is 28.8. The van der Waals surface area contributed by atoms with Crippen LogP contribution < -0.4 is 45.6 Å². The molecule has 2 unspecified atom stereocenters. The van der Waals surface area contributed by atoms with E-state index in [0.717, 1.165) is 5.56 Å². The topological polar surface area (TPSA) is 438 Å². The number of amides is 3. The second-order valence-corrected chi connectivity index (χ2v) is 27.8. The molecule has 3 heterocycles. The van der Waals surface area contributed by atoms with E-state index in [-0.39, 0.29) is 60.8 Å². The lowest BCUT2D eigenvalue weighted by atomic mass is 9.89. The number of nitrogens with one attached hydrogen (secondary N) is 2. The molecule has 2 aliphatic carbocycles. The number of nitrogens with two attached hydrogens (primary N) is 1. The lowest BCUT2D eigenvalue weighted by Crippen LogP contribution is -3.11. The zero-order valence-corrected chi connectivity index (χ0v) is 61.3. The number of thioether (sulfide) groups is 2. The molecule has 3 aliphatic heterocycles. The molecule has 0 radical (unpaired) electrons. The quantitative estimate of drug-likeness (QED) is 0.00642. The molecule has 0 saturated carbocycles. The first kappa shape index (κ1) is 86.9. The van der Waals surface area contributed by atoms with Crippen LogP contribution in [0.15, 0.2) is 125 Å². The van der Waals surface area contributed by atoms with Gasteiger partial charge in [-0.25, -0.2) is 53.5 Å². The number of hydrogen-bond donors (Lipinski definition) is 9. The van der Waals surface area contributed by atoms with Crippen molar-refractivity contribution in [3.8, 4) is 67.9 Å². The third-order valence-electron chi connectivity index (χ3n) is 16.2. The highest BCUT2D eigenvalue weighted by atomic mass is 32.2. The van der Waals surface area contributed by atoms with E-state index in [9.17, 15) is 95.3 Å². The van der Waals surface area contributed by atoms with Gasteiger partial charge in [0.25, 0.3) is 11.8 Å². The van der Waals surface area contributed by atoms with Crippen molar-refractivity contribution < 1.29 is 149 Å². The van der Waals surface area contributed by atoms with Crippen LogP contribution in [0.3, 0.4) is 0 Å². The number of phosphoric ester groups is 2. The SMILES string of the molecule is CC[NH+](CC)CC.NCCc1ccc(OP(=O)([O-])O)cc1.O=C(CON1C(=O)CCC1=O)CSc1c(F)c(F)c(C(=O)O)c(-c2c3cc(F)c(=O)cc-3oc3cc(O)c(F)cc23)c1F.O=C(CSc1c(F)c(F)c(C(=O)O)c(-c2c3cc(F)c(=O)cc-3oc3cc(O)c(F)cc23)c1F)NCCc1ccc(OP(=O)([O-])O)cc1. The van der Waals surface area contributed by atoms with E-state index >= 15 is 26.3 Å². The van der Waals surface area contributed by atoms with Crippen LogP contribution in [0.2, 0.25) is 0 Å². The van der Waals surface area contributed by atoms with Crippen molar-refractivity contribution in [1.29, 1.82) is 0 Å². The number of carbonyl (C=O) groups is 6. The number of phosphoric acid groups is 2. The number of carboxylic acids is 2. The smallest absolute Gasteiger partial charge is 0.339 e. The summed E-state index contributed by atoms with van der Waals surface area (Å²) in [5.41, 5.74) is -4.51. The van der Waals surface area contributed by atoms with Gasteiger partial charge >= 0.3 is 27.6 Å². The summed E-state index contributed by atoms with van der Waals surface area (Å²) in [6.45, 7) is 10.1. The number of ketones is 1. The normalized spacial score (nSPS) is 13.1. The van der Waals surface area contributed by atoms with E-state index < -0.39 is 237 Å². The molecule has 10 N–H and O–H groups in total. The van der Waals surface area contributed by atoms with Gasteiger partial charge in [0.1, 0.15) is 63.6 Å². The highest BCUT2D eigenvalue weighted by molar-refractivity contribution is 8.00. The summed E-state index contributed by atoms with van der Waals surface area (Å²) in [4.78, 5) is 139. The number of phenolic OH excluding ortho intramolecular Hbond substituents is 2. The van der Waals surface area contributed by atoms with Crippen molar-refractivity contribution in [3.63, 3.8) is 0 Å². The van der Waals surface area contributed by atoms with Gasteiger partial charge in [0, 0.05) is 87.8 Å². The summed E-state index contributed by atoms with van der Waals surface area (Å²) in [5.74, 6) is -29.2. The van der Waals surface area contributed by atoms with Crippen LogP contribution >= 0.6 is 39.2 Å². The number of hydroxylamine groups is 2. The van der Waals surface area contributed by atoms with Crippen molar-refractivity contribution in [2.24, 2.45) is 5.73 Å². The molecule has 1 fully saturated rings. The summed E-state index contributed by atoms with van der Waals surface area (Å²) in [6.07, 6.45) is 0.618. The van der Waals surface area contributed by atoms with Gasteiger partial charge in [0.15, 0.2) is 63.8 Å². The minimum absolute atomic E-state index is 0.0284. The number of nitrogens with zero attached hydrogens (tertiary/aromatic N) is 1. The van der Waals surface area contributed by atoms with Crippen molar-refractivity contribution in [1.82, 2.24) is 10.4 Å². The second kappa shape index (κ2) is 37.1. The molecule has 112 heavy (non-hydrogen) atoms. The van der Waals surface area contributed by atoms with Crippen molar-refractivity contribution in [2.75, 3.05) is 50.8 Å². The van der Waals surface area contributed by atoms with Crippen LogP contribution in [0.4, 0.5) is 43.9 Å². The van der Waals surface area contributed by atoms with Gasteiger partial charge in [-0.05, 0) is 99.8 Å². The van der Waals surface area contributed by atoms with Crippen molar-refractivity contribution in [3.05, 3.63) is 198 Å². The molecule has 0 bridgehead atoms. The number of aromatic carboxylic acids is 2. The molecule has 6 aromatic carbocycles. The van der Waals surface area contributed by atoms with Crippen LogP contribution in [0.1, 0.15) is 65.5 Å². The number of imide groups is 1. The summed E-state index contributed by atoms with van der Waals surface area (Å²) in [5, 5.41) is 41.0. The average Bonchev–Trinajstić information content (AvgIpc) is 0.920. The van der Waals surface area contributed by atoms with E-state index in [1.165, 1.54) is 56.0 Å². The number of hydrogen-bond acceptors (Lipinski definition) is 22. The molecule has 3 amide bonds. The van der Waals surface area contributed by atoms with Crippen molar-refractivity contribution in [2.45, 2.75) is 56.2 Å². The number of phenols is 2. The van der Waals surface area contributed by atoms with Gasteiger partial charge in [-0.15, -0.1) is 23.5 Å². The number of halogens is 10.